The summed E-state index contributed by atoms with van der Waals surface area (Å²) in [5, 5.41) is 6.67. The second-order valence-electron chi connectivity index (χ2n) is 8.73. The Labute approximate surface area is 189 Å². The van der Waals surface area contributed by atoms with Crippen LogP contribution in [0.3, 0.4) is 0 Å². The number of carbonyl (C=O) groups excluding carboxylic acids is 2. The van der Waals surface area contributed by atoms with Gasteiger partial charge in [0.15, 0.2) is 0 Å². The number of hydrogen-bond donors (Lipinski definition) is 2. The topological polar surface area (TPSA) is 64.7 Å². The summed E-state index contributed by atoms with van der Waals surface area (Å²) in [5.74, 6) is 0.136. The first kappa shape index (κ1) is 22.4. The van der Waals surface area contributed by atoms with Crippen LogP contribution in [0.4, 0.5) is 0 Å². The summed E-state index contributed by atoms with van der Waals surface area (Å²) >= 11 is 1.68. The maximum absolute atomic E-state index is 12.7. The van der Waals surface area contributed by atoms with E-state index in [2.05, 4.69) is 27.4 Å². The van der Waals surface area contributed by atoms with Gasteiger partial charge in [-0.2, -0.15) is 0 Å². The summed E-state index contributed by atoms with van der Waals surface area (Å²) < 4.78 is 0. The van der Waals surface area contributed by atoms with Crippen molar-refractivity contribution >= 4 is 29.7 Å². The van der Waals surface area contributed by atoms with Crippen LogP contribution in [0, 0.1) is 5.92 Å². The fourth-order valence-corrected chi connectivity index (χ4v) is 6.03. The van der Waals surface area contributed by atoms with Gasteiger partial charge in [-0.25, -0.2) is 0 Å². The van der Waals surface area contributed by atoms with E-state index in [1.807, 2.05) is 36.4 Å². The highest BCUT2D eigenvalue weighted by molar-refractivity contribution is 8.04. The highest BCUT2D eigenvalue weighted by Gasteiger charge is 2.39. The molecule has 7 heteroatoms. The molecule has 1 aliphatic carbocycles. The maximum atomic E-state index is 12.7. The average molecular weight is 443 g/mol. The first-order chi connectivity index (χ1) is 15.1. The van der Waals surface area contributed by atoms with Crippen LogP contribution in [0.25, 0.3) is 6.08 Å². The molecule has 1 aromatic rings. The minimum absolute atomic E-state index is 0.00117. The van der Waals surface area contributed by atoms with E-state index in [1.165, 1.54) is 0 Å². The molecule has 2 saturated heterocycles. The van der Waals surface area contributed by atoms with Crippen molar-refractivity contribution in [1.82, 2.24) is 20.4 Å². The van der Waals surface area contributed by atoms with Gasteiger partial charge in [-0.15, -0.1) is 11.8 Å². The van der Waals surface area contributed by atoms with Gasteiger partial charge in [-0.05, 0) is 37.4 Å². The van der Waals surface area contributed by atoms with E-state index < -0.39 is 0 Å². The molecular weight excluding hydrogens is 408 g/mol. The molecule has 1 aromatic carbocycles. The summed E-state index contributed by atoms with van der Waals surface area (Å²) in [6.45, 7) is 9.36. The summed E-state index contributed by atoms with van der Waals surface area (Å²) in [4.78, 5) is 31.0. The van der Waals surface area contributed by atoms with Crippen LogP contribution in [0.5, 0.6) is 0 Å². The van der Waals surface area contributed by atoms with Gasteiger partial charge in [0, 0.05) is 56.5 Å². The molecule has 3 atom stereocenters. The molecule has 4 rings (SSSR count). The lowest BCUT2D eigenvalue weighted by Crippen LogP contribution is -2.52. The van der Waals surface area contributed by atoms with Gasteiger partial charge < -0.3 is 15.5 Å². The standard InChI is InChI=1S/C24H34N4O2S/c1-2-27-12-14-28(15-13-27)11-10-25-23(29)19-8-9-21-20(17-19)26-24(30)22(31-21)16-18-6-4-3-5-7-18/h3-7,16,19-21H,2,8-15,17H2,1H3,(H,25,29)(H,26,30)/b22-16-. The third kappa shape index (κ3) is 5.90. The number of rotatable bonds is 6. The Kier molecular flexibility index (Phi) is 7.69. The Balaban J connectivity index is 1.22. The van der Waals surface area contributed by atoms with E-state index in [4.69, 9.17) is 0 Å². The molecule has 2 amide bonds. The Morgan fingerprint density at radius 1 is 1.16 bits per heavy atom. The zero-order valence-corrected chi connectivity index (χ0v) is 19.2. The third-order valence-corrected chi connectivity index (χ3v) is 8.14. The smallest absolute Gasteiger partial charge is 0.257 e. The van der Waals surface area contributed by atoms with Gasteiger partial charge >= 0.3 is 0 Å². The van der Waals surface area contributed by atoms with Crippen LogP contribution >= 0.6 is 11.8 Å². The van der Waals surface area contributed by atoms with Gasteiger partial charge in [0.25, 0.3) is 5.91 Å². The Morgan fingerprint density at radius 3 is 2.65 bits per heavy atom. The molecule has 0 aromatic heterocycles. The first-order valence-electron chi connectivity index (χ1n) is 11.6. The molecule has 31 heavy (non-hydrogen) atoms. The van der Waals surface area contributed by atoms with E-state index in [0.717, 1.165) is 69.0 Å². The number of nitrogens with one attached hydrogen (secondary N) is 2. The van der Waals surface area contributed by atoms with E-state index in [-0.39, 0.29) is 23.8 Å². The van der Waals surface area contributed by atoms with Crippen molar-refractivity contribution in [2.24, 2.45) is 5.92 Å². The highest BCUT2D eigenvalue weighted by Crippen LogP contribution is 2.39. The van der Waals surface area contributed by atoms with E-state index in [1.54, 1.807) is 11.8 Å². The molecule has 6 nitrogen and oxygen atoms in total. The number of thioether (sulfide) groups is 1. The molecule has 3 unspecified atom stereocenters. The number of amides is 2. The SMILES string of the molecule is CCN1CCN(CCNC(=O)C2CCC3S/C(=C\c4ccccc4)C(=O)NC3C2)CC1. The number of benzene rings is 1. The number of hydrogen-bond acceptors (Lipinski definition) is 5. The van der Waals surface area contributed by atoms with E-state index >= 15 is 0 Å². The van der Waals surface area contributed by atoms with Crippen molar-refractivity contribution in [3.8, 4) is 0 Å². The second kappa shape index (κ2) is 10.7. The lowest BCUT2D eigenvalue weighted by molar-refractivity contribution is -0.127. The number of carbonyl (C=O) groups is 2. The minimum Gasteiger partial charge on any atom is -0.355 e. The summed E-state index contributed by atoms with van der Waals surface area (Å²) in [6, 6.07) is 10.0. The predicted octanol–water partition coefficient (Wildman–Crippen LogP) is 2.18. The van der Waals surface area contributed by atoms with Crippen LogP contribution in [0.15, 0.2) is 35.2 Å². The molecule has 168 valence electrons. The average Bonchev–Trinajstić information content (AvgIpc) is 2.80. The molecule has 2 N–H and O–H groups in total. The van der Waals surface area contributed by atoms with E-state index in [0.29, 0.717) is 11.8 Å². The van der Waals surface area contributed by atoms with Crippen LogP contribution in [0.1, 0.15) is 31.7 Å². The Morgan fingerprint density at radius 2 is 1.90 bits per heavy atom. The monoisotopic (exact) mass is 442 g/mol. The molecule has 3 fully saturated rings. The zero-order chi connectivity index (χ0) is 21.6. The van der Waals surface area contributed by atoms with Crippen LogP contribution < -0.4 is 10.6 Å². The Bertz CT molecular complexity index is 792. The van der Waals surface area contributed by atoms with Crippen molar-refractivity contribution in [2.45, 2.75) is 37.5 Å². The van der Waals surface area contributed by atoms with Crippen molar-refractivity contribution in [3.05, 3.63) is 40.8 Å². The largest absolute Gasteiger partial charge is 0.355 e. The van der Waals surface area contributed by atoms with Gasteiger partial charge in [0.2, 0.25) is 5.91 Å². The molecule has 0 spiro atoms. The summed E-state index contributed by atoms with van der Waals surface area (Å²) in [5.41, 5.74) is 1.04. The first-order valence-corrected chi connectivity index (χ1v) is 12.5. The van der Waals surface area contributed by atoms with Gasteiger partial charge in [-0.1, -0.05) is 37.3 Å². The van der Waals surface area contributed by atoms with Crippen molar-refractivity contribution in [3.63, 3.8) is 0 Å². The lowest BCUT2D eigenvalue weighted by atomic mass is 9.84. The fraction of sp³-hybridized carbons (Fsp3) is 0.583. The second-order valence-corrected chi connectivity index (χ2v) is 10.0. The molecule has 2 aliphatic heterocycles. The van der Waals surface area contributed by atoms with Crippen molar-refractivity contribution < 1.29 is 9.59 Å². The highest BCUT2D eigenvalue weighted by atomic mass is 32.2. The van der Waals surface area contributed by atoms with E-state index in [9.17, 15) is 9.59 Å². The number of nitrogens with zero attached hydrogens (tertiary/aromatic N) is 2. The van der Waals surface area contributed by atoms with Gasteiger partial charge in [0.05, 0.1) is 4.91 Å². The molecular formula is C24H34N4O2S. The molecule has 1 saturated carbocycles. The third-order valence-electron chi connectivity index (χ3n) is 6.71. The van der Waals surface area contributed by atoms with Crippen molar-refractivity contribution in [1.29, 1.82) is 0 Å². The summed E-state index contributed by atoms with van der Waals surface area (Å²) in [7, 11) is 0. The molecule has 0 radical (unpaired) electrons. The minimum atomic E-state index is -0.0117. The van der Waals surface area contributed by atoms with Crippen LogP contribution in [0.2, 0.25) is 0 Å². The molecule has 0 bridgehead atoms. The van der Waals surface area contributed by atoms with Gasteiger partial charge in [-0.3, -0.25) is 14.5 Å². The van der Waals surface area contributed by atoms with Crippen molar-refractivity contribution in [2.75, 3.05) is 45.8 Å². The fourth-order valence-electron chi connectivity index (χ4n) is 4.74. The lowest BCUT2D eigenvalue weighted by Gasteiger charge is -2.39. The number of piperazine rings is 1. The molecule has 3 aliphatic rings. The maximum Gasteiger partial charge on any atom is 0.257 e. The van der Waals surface area contributed by atoms with Gasteiger partial charge in [0.1, 0.15) is 0 Å². The zero-order valence-electron chi connectivity index (χ0n) is 18.4. The Hall–Kier alpha value is -1.83. The normalized spacial score (nSPS) is 28.7. The summed E-state index contributed by atoms with van der Waals surface area (Å²) in [6.07, 6.45) is 4.56. The number of likely N-dealkylation sites (N-methyl/N-ethyl adjacent to an activating group) is 1. The van der Waals surface area contributed by atoms with Crippen LogP contribution in [-0.4, -0.2) is 78.7 Å². The number of fused-ring (bicyclic) bond motifs is 1. The molecule has 2 heterocycles. The van der Waals surface area contributed by atoms with Crippen LogP contribution in [-0.2, 0) is 9.59 Å². The quantitative estimate of drug-likeness (QED) is 0.661. The predicted molar refractivity (Wildman–Crippen MR) is 127 cm³/mol.